The van der Waals surface area contributed by atoms with Crippen molar-refractivity contribution < 1.29 is 13.2 Å². The zero-order valence-corrected chi connectivity index (χ0v) is 28.3. The van der Waals surface area contributed by atoms with Gasteiger partial charge in [0.15, 0.2) is 0 Å². The lowest BCUT2D eigenvalue weighted by molar-refractivity contribution is -0.137. The van der Waals surface area contributed by atoms with E-state index in [2.05, 4.69) is 67.3 Å². The van der Waals surface area contributed by atoms with Gasteiger partial charge in [-0.2, -0.15) is 13.2 Å². The quantitative estimate of drug-likeness (QED) is 0.138. The third kappa shape index (κ3) is 14.3. The van der Waals surface area contributed by atoms with Crippen LogP contribution in [0.25, 0.3) is 0 Å². The molecular formula is C44H47F3. The number of rotatable bonds is 12. The van der Waals surface area contributed by atoms with E-state index >= 15 is 0 Å². The van der Waals surface area contributed by atoms with Crippen LogP contribution in [0.2, 0.25) is 0 Å². The zero-order valence-electron chi connectivity index (χ0n) is 28.3. The van der Waals surface area contributed by atoms with E-state index < -0.39 is 11.7 Å². The number of unbranched alkanes of at least 4 members (excludes halogenated alkanes) is 12. The standard InChI is InChI=1S/C44H47F3/c1-4-6-8-10-12-14-16-18-20-39-28-31-41(36(3)34-39)30-26-37-22-24-38(25-23-37)27-32-42-33-29-40(35-43(42)44(45,46)47)21-19-17-15-13-11-9-7-5-2/h22-25,28-29,31,33-35H,4-17H2,1-3H3. The second-order valence-corrected chi connectivity index (χ2v) is 12.0. The van der Waals surface area contributed by atoms with Crippen molar-refractivity contribution in [1.82, 2.24) is 0 Å². The molecule has 0 N–H and O–H groups in total. The monoisotopic (exact) mass is 632 g/mol. The first-order valence-electron chi connectivity index (χ1n) is 17.2. The van der Waals surface area contributed by atoms with Crippen LogP contribution in [0.1, 0.15) is 148 Å². The van der Waals surface area contributed by atoms with Gasteiger partial charge < -0.3 is 0 Å². The first kappa shape index (κ1) is 37.2. The largest absolute Gasteiger partial charge is 0.417 e. The molecule has 0 aliphatic carbocycles. The van der Waals surface area contributed by atoms with E-state index in [1.807, 2.05) is 31.2 Å². The highest BCUT2D eigenvalue weighted by Crippen LogP contribution is 2.32. The van der Waals surface area contributed by atoms with E-state index in [4.69, 9.17) is 0 Å². The highest BCUT2D eigenvalue weighted by atomic mass is 19.4. The van der Waals surface area contributed by atoms with Crippen LogP contribution in [-0.4, -0.2) is 0 Å². The van der Waals surface area contributed by atoms with Crippen LogP contribution >= 0.6 is 0 Å². The van der Waals surface area contributed by atoms with Crippen molar-refractivity contribution in [2.24, 2.45) is 0 Å². The Hall–Kier alpha value is -4.31. The number of hydrogen-bond donors (Lipinski definition) is 0. The zero-order chi connectivity index (χ0) is 33.7. The Kier molecular flexibility index (Phi) is 16.4. The fourth-order valence-electron chi connectivity index (χ4n) is 5.08. The van der Waals surface area contributed by atoms with E-state index in [9.17, 15) is 13.2 Å². The maximum absolute atomic E-state index is 13.9. The van der Waals surface area contributed by atoms with Crippen LogP contribution in [0, 0.1) is 54.3 Å². The van der Waals surface area contributed by atoms with Crippen molar-refractivity contribution >= 4 is 0 Å². The Morgan fingerprint density at radius 1 is 0.468 bits per heavy atom. The first-order valence-corrected chi connectivity index (χ1v) is 17.2. The van der Waals surface area contributed by atoms with Crippen LogP contribution in [-0.2, 0) is 6.18 Å². The molecule has 0 bridgehead atoms. The molecule has 0 saturated heterocycles. The van der Waals surface area contributed by atoms with Gasteiger partial charge in [-0.3, -0.25) is 0 Å². The number of halogens is 3. The van der Waals surface area contributed by atoms with Gasteiger partial charge in [0, 0.05) is 46.2 Å². The van der Waals surface area contributed by atoms with Crippen LogP contribution in [0.15, 0.2) is 60.7 Å². The molecule has 0 amide bonds. The van der Waals surface area contributed by atoms with Crippen molar-refractivity contribution in [2.45, 2.75) is 117 Å². The van der Waals surface area contributed by atoms with Gasteiger partial charge in [0.2, 0.25) is 0 Å². The van der Waals surface area contributed by atoms with Gasteiger partial charge in [-0.05, 0) is 86.0 Å². The van der Waals surface area contributed by atoms with Gasteiger partial charge in [0.05, 0.1) is 5.56 Å². The summed E-state index contributed by atoms with van der Waals surface area (Å²) in [6, 6.07) is 17.4. The van der Waals surface area contributed by atoms with Crippen molar-refractivity contribution in [3.05, 3.63) is 105 Å². The van der Waals surface area contributed by atoms with E-state index in [-0.39, 0.29) is 5.56 Å². The molecule has 0 aliphatic rings. The van der Waals surface area contributed by atoms with Gasteiger partial charge in [-0.15, -0.1) is 0 Å². The van der Waals surface area contributed by atoms with E-state index in [0.29, 0.717) is 17.5 Å². The van der Waals surface area contributed by atoms with Crippen molar-refractivity contribution in [3.8, 4) is 47.4 Å². The normalized spacial score (nSPS) is 10.4. The smallest absolute Gasteiger partial charge is 0.166 e. The summed E-state index contributed by atoms with van der Waals surface area (Å²) in [5.74, 6) is 24.5. The molecule has 3 aromatic rings. The highest BCUT2D eigenvalue weighted by Gasteiger charge is 2.33. The van der Waals surface area contributed by atoms with E-state index in [0.717, 1.165) is 54.0 Å². The first-order chi connectivity index (χ1) is 22.8. The maximum atomic E-state index is 13.9. The van der Waals surface area contributed by atoms with E-state index in [1.54, 1.807) is 18.2 Å². The third-order valence-corrected chi connectivity index (χ3v) is 7.90. The molecule has 3 heteroatoms. The molecule has 0 aliphatic heterocycles. The van der Waals surface area contributed by atoms with Crippen LogP contribution < -0.4 is 0 Å². The van der Waals surface area contributed by atoms with Gasteiger partial charge in [-0.25, -0.2) is 0 Å². The van der Waals surface area contributed by atoms with Crippen LogP contribution in [0.3, 0.4) is 0 Å². The van der Waals surface area contributed by atoms with Gasteiger partial charge >= 0.3 is 6.18 Å². The maximum Gasteiger partial charge on any atom is 0.417 e. The Balaban J connectivity index is 1.60. The van der Waals surface area contributed by atoms with E-state index in [1.165, 1.54) is 63.9 Å². The average molecular weight is 633 g/mol. The molecule has 0 spiro atoms. The van der Waals surface area contributed by atoms with Gasteiger partial charge in [0.25, 0.3) is 0 Å². The molecule has 0 nitrogen and oxygen atoms in total. The minimum absolute atomic E-state index is 0.0612. The SMILES string of the molecule is CCCCCCCCC#Cc1ccc(C#Cc2ccc(C#Cc3ccc(C#CCCCCCCCC)cc3C(F)(F)F)cc2)c(C)c1. The minimum atomic E-state index is -4.52. The van der Waals surface area contributed by atoms with Crippen molar-refractivity contribution in [1.29, 1.82) is 0 Å². The predicted molar refractivity (Wildman–Crippen MR) is 191 cm³/mol. The Morgan fingerprint density at radius 3 is 1.38 bits per heavy atom. The summed E-state index contributed by atoms with van der Waals surface area (Å²) < 4.78 is 41.6. The molecule has 47 heavy (non-hydrogen) atoms. The second kappa shape index (κ2) is 20.7. The molecule has 0 unspecified atom stereocenters. The summed E-state index contributed by atoms with van der Waals surface area (Å²) in [5.41, 5.74) is 3.97. The lowest BCUT2D eigenvalue weighted by Gasteiger charge is -2.09. The molecule has 0 radical (unpaired) electrons. The lowest BCUT2D eigenvalue weighted by Crippen LogP contribution is -2.08. The molecule has 0 saturated carbocycles. The molecule has 3 aromatic carbocycles. The number of aryl methyl sites for hydroxylation is 1. The summed E-state index contributed by atoms with van der Waals surface area (Å²) in [6.45, 7) is 6.45. The Bertz CT molecular complexity index is 1660. The number of benzene rings is 3. The Morgan fingerprint density at radius 2 is 0.894 bits per heavy atom. The number of alkyl halides is 3. The molecule has 0 fully saturated rings. The average Bonchev–Trinajstić information content (AvgIpc) is 3.06. The summed E-state index contributed by atoms with van der Waals surface area (Å²) in [6.07, 6.45) is 11.6. The summed E-state index contributed by atoms with van der Waals surface area (Å²) in [7, 11) is 0. The number of hydrogen-bond acceptors (Lipinski definition) is 0. The van der Waals surface area contributed by atoms with Crippen molar-refractivity contribution in [3.63, 3.8) is 0 Å². The molecule has 0 aromatic heterocycles. The van der Waals surface area contributed by atoms with Crippen LogP contribution in [0.5, 0.6) is 0 Å². The molecule has 0 heterocycles. The fraction of sp³-hybridized carbons (Fsp3) is 0.409. The fourth-order valence-corrected chi connectivity index (χ4v) is 5.08. The van der Waals surface area contributed by atoms with Crippen molar-refractivity contribution in [2.75, 3.05) is 0 Å². The summed E-state index contributed by atoms with van der Waals surface area (Å²) in [5, 5.41) is 0. The predicted octanol–water partition coefficient (Wildman–Crippen LogP) is 12.0. The topological polar surface area (TPSA) is 0 Å². The van der Waals surface area contributed by atoms with Crippen LogP contribution in [0.4, 0.5) is 13.2 Å². The Labute approximate surface area is 282 Å². The molecular weight excluding hydrogens is 585 g/mol. The highest BCUT2D eigenvalue weighted by molar-refractivity contribution is 5.53. The minimum Gasteiger partial charge on any atom is -0.166 e. The second-order valence-electron chi connectivity index (χ2n) is 12.0. The third-order valence-electron chi connectivity index (χ3n) is 7.90. The molecule has 3 rings (SSSR count). The van der Waals surface area contributed by atoms with Gasteiger partial charge in [-0.1, -0.05) is 125 Å². The molecule has 244 valence electrons. The van der Waals surface area contributed by atoms with Gasteiger partial charge in [0.1, 0.15) is 0 Å². The molecule has 0 atom stereocenters. The lowest BCUT2D eigenvalue weighted by atomic mass is 10.0. The summed E-state index contributed by atoms with van der Waals surface area (Å²) >= 11 is 0. The summed E-state index contributed by atoms with van der Waals surface area (Å²) in [4.78, 5) is 0.